The summed E-state index contributed by atoms with van der Waals surface area (Å²) in [6, 6.07) is 16.7. The molecule has 1 heterocycles. The monoisotopic (exact) mass is 417 g/mol. The number of rotatable bonds is 5. The molecule has 0 spiro atoms. The second-order valence-corrected chi connectivity index (χ2v) is 6.37. The van der Waals surface area contributed by atoms with Crippen molar-refractivity contribution in [1.82, 2.24) is 10.4 Å². The minimum Gasteiger partial charge on any atom is -0.484 e. The first-order valence-corrected chi connectivity index (χ1v) is 8.54. The van der Waals surface area contributed by atoms with Crippen LogP contribution in [0.3, 0.4) is 0 Å². The number of nitrogens with one attached hydrogen (secondary N) is 1. The highest BCUT2D eigenvalue weighted by Crippen LogP contribution is 2.19. The quantitative estimate of drug-likeness (QED) is 0.384. The lowest BCUT2D eigenvalue weighted by molar-refractivity contribution is -0.123. The summed E-state index contributed by atoms with van der Waals surface area (Å²) in [5.41, 5.74) is 3.82. The van der Waals surface area contributed by atoms with Crippen LogP contribution in [0.4, 0.5) is 0 Å². The van der Waals surface area contributed by atoms with E-state index in [2.05, 4.69) is 31.4 Å². The lowest BCUT2D eigenvalue weighted by atomic mass is 10.2. The van der Waals surface area contributed by atoms with Crippen LogP contribution in [0, 0.1) is 0 Å². The van der Waals surface area contributed by atoms with Crippen molar-refractivity contribution in [3.8, 4) is 5.75 Å². The molecule has 1 amide bonds. The summed E-state index contributed by atoms with van der Waals surface area (Å²) < 4.78 is 6.30. The Morgan fingerprint density at radius 2 is 2.00 bits per heavy atom. The predicted molar refractivity (Wildman–Crippen MR) is 102 cm³/mol. The summed E-state index contributed by atoms with van der Waals surface area (Å²) >= 11 is 9.46. The van der Waals surface area contributed by atoms with Gasteiger partial charge in [0.2, 0.25) is 0 Å². The van der Waals surface area contributed by atoms with Crippen LogP contribution in [-0.2, 0) is 4.79 Å². The number of nitrogens with zero attached hydrogens (tertiary/aromatic N) is 2. The largest absolute Gasteiger partial charge is 0.484 e. The first kappa shape index (κ1) is 17.4. The van der Waals surface area contributed by atoms with Gasteiger partial charge in [-0.3, -0.25) is 4.79 Å². The van der Waals surface area contributed by atoms with Gasteiger partial charge in [0, 0.05) is 15.4 Å². The van der Waals surface area contributed by atoms with Crippen LogP contribution in [0.1, 0.15) is 5.56 Å². The number of halogens is 2. The Hall–Kier alpha value is -2.44. The molecule has 0 aliphatic carbocycles. The Balaban J connectivity index is 1.58. The highest BCUT2D eigenvalue weighted by Gasteiger charge is 2.04. The Morgan fingerprint density at radius 1 is 1.24 bits per heavy atom. The molecule has 0 saturated carbocycles. The predicted octanol–water partition coefficient (Wildman–Crippen LogP) is 4.18. The lowest BCUT2D eigenvalue weighted by Crippen LogP contribution is -2.24. The van der Waals surface area contributed by atoms with Gasteiger partial charge in [-0.1, -0.05) is 45.7 Å². The van der Waals surface area contributed by atoms with Gasteiger partial charge in [0.25, 0.3) is 5.91 Å². The van der Waals surface area contributed by atoms with Crippen molar-refractivity contribution >= 4 is 50.6 Å². The average Bonchev–Trinajstić information content (AvgIpc) is 2.61. The van der Waals surface area contributed by atoms with Crippen molar-refractivity contribution in [2.75, 3.05) is 6.61 Å². The van der Waals surface area contributed by atoms with Gasteiger partial charge in [0.1, 0.15) is 10.9 Å². The van der Waals surface area contributed by atoms with Gasteiger partial charge in [-0.15, -0.1) is 0 Å². The smallest absolute Gasteiger partial charge is 0.277 e. The standard InChI is InChI=1S/C18H13BrClN3O2/c19-14-5-7-15(8-6-14)25-11-17(24)23-21-10-13-9-12-3-1-2-4-16(12)22-18(13)20/h1-10H,11H2,(H,23,24). The summed E-state index contributed by atoms with van der Waals surface area (Å²) in [7, 11) is 0. The fraction of sp³-hybridized carbons (Fsp3) is 0.0556. The van der Waals surface area contributed by atoms with Crippen LogP contribution in [0.2, 0.25) is 5.15 Å². The molecule has 126 valence electrons. The maximum absolute atomic E-state index is 11.8. The number of pyridine rings is 1. The van der Waals surface area contributed by atoms with Gasteiger partial charge in [-0.25, -0.2) is 10.4 Å². The van der Waals surface area contributed by atoms with Crippen LogP contribution in [0.25, 0.3) is 10.9 Å². The SMILES string of the molecule is O=C(COc1ccc(Br)cc1)NN=Cc1cc2ccccc2nc1Cl. The van der Waals surface area contributed by atoms with Gasteiger partial charge in [0.15, 0.2) is 6.61 Å². The third-order valence-corrected chi connectivity index (χ3v) is 4.11. The van der Waals surface area contributed by atoms with Crippen LogP contribution in [0.5, 0.6) is 5.75 Å². The molecular weight excluding hydrogens is 406 g/mol. The van der Waals surface area contributed by atoms with Gasteiger partial charge >= 0.3 is 0 Å². The number of ether oxygens (including phenoxy) is 1. The van der Waals surface area contributed by atoms with Crippen molar-refractivity contribution in [1.29, 1.82) is 0 Å². The highest BCUT2D eigenvalue weighted by molar-refractivity contribution is 9.10. The maximum Gasteiger partial charge on any atom is 0.277 e. The van der Waals surface area contributed by atoms with Crippen molar-refractivity contribution in [2.24, 2.45) is 5.10 Å². The number of carbonyl (C=O) groups is 1. The van der Waals surface area contributed by atoms with E-state index >= 15 is 0 Å². The summed E-state index contributed by atoms with van der Waals surface area (Å²) in [5, 5.41) is 5.16. The van der Waals surface area contributed by atoms with Crippen LogP contribution in [-0.4, -0.2) is 23.7 Å². The molecule has 0 unspecified atom stereocenters. The van der Waals surface area contributed by atoms with E-state index in [9.17, 15) is 4.79 Å². The number of carbonyl (C=O) groups excluding carboxylic acids is 1. The van der Waals surface area contributed by atoms with Crippen LogP contribution < -0.4 is 10.2 Å². The molecule has 0 saturated heterocycles. The normalized spacial score (nSPS) is 11.0. The molecule has 0 aliphatic rings. The average molecular weight is 419 g/mol. The van der Waals surface area contributed by atoms with Gasteiger partial charge in [-0.05, 0) is 36.4 Å². The molecule has 3 aromatic rings. The molecule has 5 nitrogen and oxygen atoms in total. The van der Waals surface area contributed by atoms with E-state index in [0.29, 0.717) is 16.5 Å². The number of amides is 1. The zero-order valence-electron chi connectivity index (χ0n) is 12.9. The van der Waals surface area contributed by atoms with E-state index in [4.69, 9.17) is 16.3 Å². The summed E-state index contributed by atoms with van der Waals surface area (Å²) in [6.07, 6.45) is 1.46. The minimum atomic E-state index is -0.371. The number of hydrogen-bond acceptors (Lipinski definition) is 4. The molecule has 0 aliphatic heterocycles. The van der Waals surface area contributed by atoms with E-state index in [1.807, 2.05) is 42.5 Å². The summed E-state index contributed by atoms with van der Waals surface area (Å²) in [5.74, 6) is 0.230. The number of hydrogen-bond donors (Lipinski definition) is 1. The zero-order chi connectivity index (χ0) is 17.6. The third kappa shape index (κ3) is 4.78. The van der Waals surface area contributed by atoms with E-state index in [1.165, 1.54) is 6.21 Å². The first-order chi connectivity index (χ1) is 12.1. The van der Waals surface area contributed by atoms with Crippen molar-refractivity contribution in [2.45, 2.75) is 0 Å². The number of aromatic nitrogens is 1. The Labute approximate surface area is 157 Å². The van der Waals surface area contributed by atoms with Gasteiger partial charge in [-0.2, -0.15) is 5.10 Å². The molecule has 0 radical (unpaired) electrons. The minimum absolute atomic E-state index is 0.136. The molecule has 7 heteroatoms. The number of para-hydroxylation sites is 1. The third-order valence-electron chi connectivity index (χ3n) is 3.28. The lowest BCUT2D eigenvalue weighted by Gasteiger charge is -2.05. The highest BCUT2D eigenvalue weighted by atomic mass is 79.9. The Kier molecular flexibility index (Phi) is 5.63. The number of fused-ring (bicyclic) bond motifs is 1. The van der Waals surface area contributed by atoms with Gasteiger partial charge < -0.3 is 4.74 Å². The summed E-state index contributed by atoms with van der Waals surface area (Å²) in [6.45, 7) is -0.136. The molecule has 25 heavy (non-hydrogen) atoms. The van der Waals surface area contributed by atoms with E-state index in [-0.39, 0.29) is 12.5 Å². The van der Waals surface area contributed by atoms with Gasteiger partial charge in [0.05, 0.1) is 11.7 Å². The van der Waals surface area contributed by atoms with Crippen molar-refractivity contribution < 1.29 is 9.53 Å². The molecular formula is C18H13BrClN3O2. The second-order valence-electron chi connectivity index (χ2n) is 5.10. The fourth-order valence-corrected chi connectivity index (χ4v) is 2.54. The number of hydrazone groups is 1. The van der Waals surface area contributed by atoms with Crippen LogP contribution >= 0.6 is 27.5 Å². The first-order valence-electron chi connectivity index (χ1n) is 7.37. The van der Waals surface area contributed by atoms with Crippen LogP contribution in [0.15, 0.2) is 64.2 Å². The molecule has 1 N–H and O–H groups in total. The molecule has 2 aromatic carbocycles. The van der Waals surface area contributed by atoms with E-state index in [1.54, 1.807) is 12.1 Å². The molecule has 1 aromatic heterocycles. The summed E-state index contributed by atoms with van der Waals surface area (Å²) in [4.78, 5) is 16.1. The van der Waals surface area contributed by atoms with E-state index in [0.717, 1.165) is 15.4 Å². The maximum atomic E-state index is 11.8. The molecule has 0 fully saturated rings. The molecule has 0 atom stereocenters. The molecule has 0 bridgehead atoms. The zero-order valence-corrected chi connectivity index (χ0v) is 15.3. The molecule has 3 rings (SSSR count). The second kappa shape index (κ2) is 8.09. The van der Waals surface area contributed by atoms with E-state index < -0.39 is 0 Å². The number of benzene rings is 2. The van der Waals surface area contributed by atoms with Crippen molar-refractivity contribution in [3.63, 3.8) is 0 Å². The topological polar surface area (TPSA) is 63.6 Å². The fourth-order valence-electron chi connectivity index (χ4n) is 2.09. The Bertz CT molecular complexity index is 929. The Morgan fingerprint density at radius 3 is 2.80 bits per heavy atom. The van der Waals surface area contributed by atoms with Crippen molar-refractivity contribution in [3.05, 3.63) is 69.8 Å².